The lowest BCUT2D eigenvalue weighted by molar-refractivity contribution is -0.195. The second kappa shape index (κ2) is 5.57. The molecule has 3 rings (SSSR count). The van der Waals surface area contributed by atoms with Gasteiger partial charge in [0.15, 0.2) is 0 Å². The Morgan fingerprint density at radius 2 is 1.92 bits per heavy atom. The van der Waals surface area contributed by atoms with Crippen LogP contribution in [-0.2, 0) is 9.53 Å². The number of carboxylic acids is 1. The van der Waals surface area contributed by atoms with Crippen LogP contribution in [-0.4, -0.2) is 34.0 Å². The van der Waals surface area contributed by atoms with Crippen LogP contribution in [0.3, 0.4) is 0 Å². The van der Waals surface area contributed by atoms with Crippen molar-refractivity contribution in [2.45, 2.75) is 83.8 Å². The fraction of sp³-hybridized carbons (Fsp3) is 0.850. The molecule has 0 aromatic rings. The third kappa shape index (κ3) is 2.45. The third-order valence-electron chi connectivity index (χ3n) is 7.39. The van der Waals surface area contributed by atoms with Gasteiger partial charge in [0.25, 0.3) is 0 Å². The van der Waals surface area contributed by atoms with Gasteiger partial charge in [0, 0.05) is 5.41 Å². The highest BCUT2D eigenvalue weighted by atomic mass is 16.5. The van der Waals surface area contributed by atoms with Crippen LogP contribution in [0.15, 0.2) is 11.6 Å². The fourth-order valence-electron chi connectivity index (χ4n) is 6.20. The van der Waals surface area contributed by atoms with E-state index in [1.54, 1.807) is 0 Å². The molecule has 4 atom stereocenters. The number of rotatable bonds is 3. The number of fused-ring (bicyclic) bond motifs is 2. The van der Waals surface area contributed by atoms with Crippen molar-refractivity contribution in [2.75, 3.05) is 6.61 Å². The number of aliphatic carboxylic acids is 1. The van der Waals surface area contributed by atoms with Crippen LogP contribution < -0.4 is 0 Å². The number of hydrogen-bond acceptors (Lipinski definition) is 3. The largest absolute Gasteiger partial charge is 0.481 e. The van der Waals surface area contributed by atoms with Crippen LogP contribution in [0.5, 0.6) is 0 Å². The molecule has 3 aliphatic rings. The zero-order valence-corrected chi connectivity index (χ0v) is 15.5. The SMILES string of the molecule is CC1(C)CCC[C@]2(C)[C@@H]1CC=C(CO)[C@@]21CC[C@](C)(CC(=O)O)O1. The molecular weight excluding hydrogens is 304 g/mol. The molecule has 1 saturated carbocycles. The molecule has 4 heteroatoms. The van der Waals surface area contributed by atoms with E-state index in [0.29, 0.717) is 5.92 Å². The molecule has 0 radical (unpaired) electrons. The highest BCUT2D eigenvalue weighted by molar-refractivity contribution is 5.68. The zero-order valence-electron chi connectivity index (χ0n) is 15.5. The summed E-state index contributed by atoms with van der Waals surface area (Å²) < 4.78 is 6.65. The summed E-state index contributed by atoms with van der Waals surface area (Å²) in [4.78, 5) is 11.3. The molecular formula is C20H32O4. The van der Waals surface area contributed by atoms with Crippen LogP contribution in [0.2, 0.25) is 0 Å². The molecule has 1 spiro atoms. The molecule has 136 valence electrons. The van der Waals surface area contributed by atoms with E-state index in [0.717, 1.165) is 31.3 Å². The highest BCUT2D eigenvalue weighted by Gasteiger charge is 2.65. The molecule has 0 aromatic carbocycles. The average Bonchev–Trinajstić information content (AvgIpc) is 2.79. The summed E-state index contributed by atoms with van der Waals surface area (Å²) in [5, 5.41) is 19.3. The number of hydrogen-bond donors (Lipinski definition) is 2. The fourth-order valence-corrected chi connectivity index (χ4v) is 6.20. The Kier molecular flexibility index (Phi) is 4.16. The smallest absolute Gasteiger partial charge is 0.306 e. The summed E-state index contributed by atoms with van der Waals surface area (Å²) >= 11 is 0. The minimum absolute atomic E-state index is 0.00584. The zero-order chi connectivity index (χ0) is 17.8. The molecule has 2 aliphatic carbocycles. The summed E-state index contributed by atoms with van der Waals surface area (Å²) in [5.74, 6) is -0.313. The number of aliphatic hydroxyl groups is 1. The maximum absolute atomic E-state index is 11.3. The Morgan fingerprint density at radius 3 is 2.54 bits per heavy atom. The van der Waals surface area contributed by atoms with Gasteiger partial charge in [-0.3, -0.25) is 4.79 Å². The minimum atomic E-state index is -0.814. The summed E-state index contributed by atoms with van der Waals surface area (Å²) in [7, 11) is 0. The van der Waals surface area contributed by atoms with E-state index in [1.807, 2.05) is 6.92 Å². The lowest BCUT2D eigenvalue weighted by Gasteiger charge is -2.61. The van der Waals surface area contributed by atoms with E-state index in [9.17, 15) is 15.0 Å². The predicted octanol–water partition coefficient (Wildman–Crippen LogP) is 3.92. The number of ether oxygens (including phenoxy) is 1. The number of allylic oxidation sites excluding steroid dienone is 1. The van der Waals surface area contributed by atoms with Gasteiger partial charge in [-0.1, -0.05) is 33.3 Å². The lowest BCUT2D eigenvalue weighted by atomic mass is 9.46. The first-order valence-electron chi connectivity index (χ1n) is 9.31. The van der Waals surface area contributed by atoms with Crippen molar-refractivity contribution in [3.05, 3.63) is 11.6 Å². The van der Waals surface area contributed by atoms with E-state index in [1.165, 1.54) is 12.8 Å². The molecule has 1 heterocycles. The van der Waals surface area contributed by atoms with Crippen molar-refractivity contribution in [3.63, 3.8) is 0 Å². The van der Waals surface area contributed by atoms with E-state index in [4.69, 9.17) is 4.74 Å². The third-order valence-corrected chi connectivity index (χ3v) is 7.39. The highest BCUT2D eigenvalue weighted by Crippen LogP contribution is 2.66. The molecule has 1 saturated heterocycles. The Labute approximate surface area is 145 Å². The van der Waals surface area contributed by atoms with Gasteiger partial charge >= 0.3 is 5.97 Å². The average molecular weight is 336 g/mol. The minimum Gasteiger partial charge on any atom is -0.481 e. The second-order valence-electron chi connectivity index (χ2n) is 9.38. The monoisotopic (exact) mass is 336 g/mol. The van der Waals surface area contributed by atoms with Gasteiger partial charge in [-0.2, -0.15) is 0 Å². The molecule has 0 amide bonds. The van der Waals surface area contributed by atoms with Gasteiger partial charge in [0.1, 0.15) is 0 Å². The van der Waals surface area contributed by atoms with Crippen LogP contribution in [0, 0.1) is 16.7 Å². The molecule has 0 aromatic heterocycles. The van der Waals surface area contributed by atoms with Gasteiger partial charge in [-0.25, -0.2) is 0 Å². The van der Waals surface area contributed by atoms with E-state index in [2.05, 4.69) is 26.8 Å². The molecule has 1 aliphatic heterocycles. The predicted molar refractivity (Wildman–Crippen MR) is 92.7 cm³/mol. The van der Waals surface area contributed by atoms with Gasteiger partial charge < -0.3 is 14.9 Å². The standard InChI is InChI=1S/C20H32O4/c1-17(2)8-5-9-19(4)15(17)7-6-14(13-21)20(19)11-10-18(3,24-20)12-16(22)23/h6,15,21H,5,7-13H2,1-4H3,(H,22,23)/t15-,18-,19-,20+/m1/s1. The molecule has 2 N–H and O–H groups in total. The van der Waals surface area contributed by atoms with Crippen molar-refractivity contribution in [1.29, 1.82) is 0 Å². The first-order chi connectivity index (χ1) is 11.1. The lowest BCUT2D eigenvalue weighted by Crippen LogP contribution is -2.60. The molecule has 2 fully saturated rings. The number of carboxylic acid groups (broad SMARTS) is 1. The van der Waals surface area contributed by atoms with Gasteiger partial charge in [-0.05, 0) is 55.9 Å². The molecule has 0 bridgehead atoms. The molecule has 4 nitrogen and oxygen atoms in total. The van der Waals surface area contributed by atoms with E-state index < -0.39 is 17.2 Å². The van der Waals surface area contributed by atoms with Gasteiger partial charge in [0.2, 0.25) is 0 Å². The summed E-state index contributed by atoms with van der Waals surface area (Å²) in [6.07, 6.45) is 8.22. The Hall–Kier alpha value is -0.870. The second-order valence-corrected chi connectivity index (χ2v) is 9.38. The van der Waals surface area contributed by atoms with Gasteiger partial charge in [-0.15, -0.1) is 0 Å². The first kappa shape index (κ1) is 17.9. The van der Waals surface area contributed by atoms with Crippen molar-refractivity contribution in [1.82, 2.24) is 0 Å². The van der Waals surface area contributed by atoms with E-state index in [-0.39, 0.29) is 23.9 Å². The number of aliphatic hydroxyl groups excluding tert-OH is 1. The quantitative estimate of drug-likeness (QED) is 0.767. The number of carbonyl (C=O) groups is 1. The maximum atomic E-state index is 11.3. The summed E-state index contributed by atoms with van der Waals surface area (Å²) in [6, 6.07) is 0. The van der Waals surface area contributed by atoms with Crippen LogP contribution in [0.1, 0.15) is 72.6 Å². The topological polar surface area (TPSA) is 66.8 Å². The first-order valence-corrected chi connectivity index (χ1v) is 9.31. The van der Waals surface area contributed by atoms with Crippen molar-refractivity contribution in [2.24, 2.45) is 16.7 Å². The van der Waals surface area contributed by atoms with Crippen molar-refractivity contribution >= 4 is 5.97 Å². The Morgan fingerprint density at radius 1 is 1.21 bits per heavy atom. The van der Waals surface area contributed by atoms with Crippen LogP contribution >= 0.6 is 0 Å². The normalized spacial score (nSPS) is 44.2. The Balaban J connectivity index is 2.05. The van der Waals surface area contributed by atoms with Crippen molar-refractivity contribution < 1.29 is 19.7 Å². The summed E-state index contributed by atoms with van der Waals surface area (Å²) in [5.41, 5.74) is 0.0249. The van der Waals surface area contributed by atoms with Crippen LogP contribution in [0.25, 0.3) is 0 Å². The van der Waals surface area contributed by atoms with Crippen LogP contribution in [0.4, 0.5) is 0 Å². The van der Waals surface area contributed by atoms with E-state index >= 15 is 0 Å². The molecule has 0 unspecified atom stereocenters. The maximum Gasteiger partial charge on any atom is 0.306 e. The summed E-state index contributed by atoms with van der Waals surface area (Å²) in [6.45, 7) is 8.96. The Bertz CT molecular complexity index is 566. The van der Waals surface area contributed by atoms with Crippen molar-refractivity contribution in [3.8, 4) is 0 Å². The molecule has 24 heavy (non-hydrogen) atoms. The van der Waals surface area contributed by atoms with Gasteiger partial charge in [0.05, 0.1) is 24.2 Å².